The summed E-state index contributed by atoms with van der Waals surface area (Å²) in [5.74, 6) is 0.451. The summed E-state index contributed by atoms with van der Waals surface area (Å²) in [5, 5.41) is 0.820. The zero-order valence-corrected chi connectivity index (χ0v) is 13.7. The molecule has 0 aliphatic rings. The predicted octanol–water partition coefficient (Wildman–Crippen LogP) is 3.31. The summed E-state index contributed by atoms with van der Waals surface area (Å²) in [6.07, 6.45) is 0. The third-order valence-corrected chi connectivity index (χ3v) is 3.91. The molecule has 2 aromatic carbocycles. The monoisotopic (exact) mass is 326 g/mol. The van der Waals surface area contributed by atoms with Crippen molar-refractivity contribution in [2.45, 2.75) is 13.1 Å². The second kappa shape index (κ2) is 6.84. The summed E-state index contributed by atoms with van der Waals surface area (Å²) in [6.45, 7) is 1.19. The highest BCUT2D eigenvalue weighted by Crippen LogP contribution is 2.16. The Bertz CT molecular complexity index is 921. The van der Waals surface area contributed by atoms with E-state index in [1.807, 2.05) is 37.4 Å². The third-order valence-electron chi connectivity index (χ3n) is 3.91. The average Bonchev–Trinajstić information content (AvgIpc) is 2.56. The highest BCUT2D eigenvalue weighted by molar-refractivity contribution is 5.78. The summed E-state index contributed by atoms with van der Waals surface area (Å²) < 4.78 is 18.5. The molecule has 0 unspecified atom stereocenters. The number of ether oxygens (including phenoxy) is 1. The summed E-state index contributed by atoms with van der Waals surface area (Å²) in [4.78, 5) is 17.0. The van der Waals surface area contributed by atoms with Crippen LogP contribution in [-0.4, -0.2) is 24.0 Å². The third kappa shape index (κ3) is 3.63. The molecule has 0 fully saturated rings. The predicted molar refractivity (Wildman–Crippen MR) is 92.7 cm³/mol. The Labute approximate surface area is 139 Å². The van der Waals surface area contributed by atoms with Crippen LogP contribution in [0.4, 0.5) is 4.39 Å². The minimum atomic E-state index is -0.360. The first-order chi connectivity index (χ1) is 11.5. The summed E-state index contributed by atoms with van der Waals surface area (Å²) in [7, 11) is 3.59. The molecule has 0 radical (unpaired) electrons. The second-order valence-electron chi connectivity index (χ2n) is 5.88. The summed E-state index contributed by atoms with van der Waals surface area (Å²) in [5.41, 5.74) is 2.08. The number of rotatable bonds is 5. The number of benzene rings is 2. The summed E-state index contributed by atoms with van der Waals surface area (Å²) in [6, 6.07) is 14.1. The van der Waals surface area contributed by atoms with Gasteiger partial charge in [-0.15, -0.1) is 0 Å². The van der Waals surface area contributed by atoms with Crippen LogP contribution in [0.3, 0.4) is 0 Å². The maximum absolute atomic E-state index is 13.2. The van der Waals surface area contributed by atoms with Crippen molar-refractivity contribution in [3.8, 4) is 5.75 Å². The molecule has 3 rings (SSSR count). The molecule has 0 aliphatic carbocycles. The SMILES string of the molecule is COc1cccc(CN(C)Cc2cc3ccc(F)cc3[nH]c2=O)c1. The highest BCUT2D eigenvalue weighted by Gasteiger charge is 2.08. The quantitative estimate of drug-likeness (QED) is 0.782. The van der Waals surface area contributed by atoms with Gasteiger partial charge >= 0.3 is 0 Å². The van der Waals surface area contributed by atoms with Crippen molar-refractivity contribution in [2.75, 3.05) is 14.2 Å². The van der Waals surface area contributed by atoms with E-state index in [0.717, 1.165) is 16.7 Å². The van der Waals surface area contributed by atoms with Crippen molar-refractivity contribution >= 4 is 10.9 Å². The lowest BCUT2D eigenvalue weighted by Crippen LogP contribution is -2.23. The molecule has 5 heteroatoms. The van der Waals surface area contributed by atoms with E-state index in [0.29, 0.717) is 24.2 Å². The van der Waals surface area contributed by atoms with Gasteiger partial charge in [0.25, 0.3) is 5.56 Å². The normalized spacial score (nSPS) is 11.2. The first-order valence-electron chi connectivity index (χ1n) is 7.68. The molecular weight excluding hydrogens is 307 g/mol. The molecule has 1 heterocycles. The van der Waals surface area contributed by atoms with Gasteiger partial charge in [-0.05, 0) is 54.4 Å². The van der Waals surface area contributed by atoms with Gasteiger partial charge < -0.3 is 9.72 Å². The number of nitrogens with zero attached hydrogens (tertiary/aromatic N) is 1. The van der Waals surface area contributed by atoms with E-state index in [2.05, 4.69) is 9.88 Å². The van der Waals surface area contributed by atoms with Crippen LogP contribution in [0.25, 0.3) is 10.9 Å². The maximum Gasteiger partial charge on any atom is 0.252 e. The Morgan fingerprint density at radius 1 is 1.12 bits per heavy atom. The molecule has 1 N–H and O–H groups in total. The second-order valence-corrected chi connectivity index (χ2v) is 5.88. The van der Waals surface area contributed by atoms with Gasteiger partial charge in [-0.3, -0.25) is 9.69 Å². The smallest absolute Gasteiger partial charge is 0.252 e. The van der Waals surface area contributed by atoms with Gasteiger partial charge in [0, 0.05) is 18.7 Å². The minimum Gasteiger partial charge on any atom is -0.497 e. The summed E-state index contributed by atoms with van der Waals surface area (Å²) >= 11 is 0. The molecule has 0 amide bonds. The molecule has 0 atom stereocenters. The topological polar surface area (TPSA) is 45.3 Å². The molecule has 0 saturated heterocycles. The van der Waals surface area contributed by atoms with Crippen molar-refractivity contribution in [1.29, 1.82) is 0 Å². The minimum absolute atomic E-state index is 0.189. The molecule has 24 heavy (non-hydrogen) atoms. The van der Waals surface area contributed by atoms with Gasteiger partial charge in [-0.25, -0.2) is 4.39 Å². The molecule has 0 saturated carbocycles. The van der Waals surface area contributed by atoms with Crippen molar-refractivity contribution in [2.24, 2.45) is 0 Å². The van der Waals surface area contributed by atoms with Gasteiger partial charge in [0.05, 0.1) is 12.6 Å². The average molecular weight is 326 g/mol. The van der Waals surface area contributed by atoms with Crippen LogP contribution in [-0.2, 0) is 13.1 Å². The number of fused-ring (bicyclic) bond motifs is 1. The molecule has 0 bridgehead atoms. The lowest BCUT2D eigenvalue weighted by atomic mass is 10.1. The molecule has 0 spiro atoms. The maximum atomic E-state index is 13.2. The van der Waals surface area contributed by atoms with Crippen molar-refractivity contribution in [1.82, 2.24) is 9.88 Å². The number of H-pyrrole nitrogens is 1. The molecule has 4 nitrogen and oxygen atoms in total. The van der Waals surface area contributed by atoms with Crippen LogP contribution < -0.4 is 10.3 Å². The van der Waals surface area contributed by atoms with E-state index in [4.69, 9.17) is 4.74 Å². The van der Waals surface area contributed by atoms with Crippen LogP contribution in [0.2, 0.25) is 0 Å². The van der Waals surface area contributed by atoms with Gasteiger partial charge in [-0.1, -0.05) is 12.1 Å². The highest BCUT2D eigenvalue weighted by atomic mass is 19.1. The standard InChI is InChI=1S/C19H19FN2O2/c1-22(11-13-4-3-5-17(8-13)24-2)12-15-9-14-6-7-16(20)10-18(14)21-19(15)23/h3-10H,11-12H2,1-2H3,(H,21,23). The van der Waals surface area contributed by atoms with Gasteiger partial charge in [0.2, 0.25) is 0 Å². The molecule has 1 aromatic heterocycles. The molecule has 0 aliphatic heterocycles. The Hall–Kier alpha value is -2.66. The Morgan fingerprint density at radius 3 is 2.75 bits per heavy atom. The number of methoxy groups -OCH3 is 1. The van der Waals surface area contributed by atoms with Crippen LogP contribution in [0.15, 0.2) is 53.3 Å². The molecule has 3 aromatic rings. The number of aromatic nitrogens is 1. The molecular formula is C19H19FN2O2. The van der Waals surface area contributed by atoms with Gasteiger partial charge in [-0.2, -0.15) is 0 Å². The van der Waals surface area contributed by atoms with Crippen molar-refractivity contribution in [3.63, 3.8) is 0 Å². The van der Waals surface area contributed by atoms with Crippen molar-refractivity contribution in [3.05, 3.63) is 75.8 Å². The Kier molecular flexibility index (Phi) is 4.62. The number of hydrogen-bond donors (Lipinski definition) is 1. The fourth-order valence-electron chi connectivity index (χ4n) is 2.77. The van der Waals surface area contributed by atoms with Crippen LogP contribution >= 0.6 is 0 Å². The van der Waals surface area contributed by atoms with E-state index < -0.39 is 0 Å². The van der Waals surface area contributed by atoms with E-state index in [1.165, 1.54) is 12.1 Å². The van der Waals surface area contributed by atoms with E-state index in [1.54, 1.807) is 13.2 Å². The number of halogens is 1. The largest absolute Gasteiger partial charge is 0.497 e. The van der Waals surface area contributed by atoms with Gasteiger partial charge in [0.15, 0.2) is 0 Å². The number of hydrogen-bond acceptors (Lipinski definition) is 3. The van der Waals surface area contributed by atoms with Crippen LogP contribution in [0.5, 0.6) is 5.75 Å². The van der Waals surface area contributed by atoms with E-state index >= 15 is 0 Å². The Morgan fingerprint density at radius 2 is 1.96 bits per heavy atom. The number of aromatic amines is 1. The van der Waals surface area contributed by atoms with Gasteiger partial charge in [0.1, 0.15) is 11.6 Å². The van der Waals surface area contributed by atoms with Crippen molar-refractivity contribution < 1.29 is 9.13 Å². The lowest BCUT2D eigenvalue weighted by Gasteiger charge is -2.17. The number of pyridine rings is 1. The first-order valence-corrected chi connectivity index (χ1v) is 7.68. The number of nitrogens with one attached hydrogen (secondary N) is 1. The zero-order chi connectivity index (χ0) is 17.1. The fourth-order valence-corrected chi connectivity index (χ4v) is 2.77. The zero-order valence-electron chi connectivity index (χ0n) is 13.7. The van der Waals surface area contributed by atoms with Crippen LogP contribution in [0.1, 0.15) is 11.1 Å². The lowest BCUT2D eigenvalue weighted by molar-refractivity contribution is 0.317. The van der Waals surface area contributed by atoms with E-state index in [9.17, 15) is 9.18 Å². The first kappa shape index (κ1) is 16.2. The van der Waals surface area contributed by atoms with Crippen LogP contribution in [0, 0.1) is 5.82 Å². The fraction of sp³-hybridized carbons (Fsp3) is 0.211. The molecule has 124 valence electrons. The van der Waals surface area contributed by atoms with E-state index in [-0.39, 0.29) is 11.4 Å². The Balaban J connectivity index is 1.79.